The van der Waals surface area contributed by atoms with Gasteiger partial charge in [-0.15, -0.1) is 0 Å². The molecule has 4 nitrogen and oxygen atoms in total. The molecule has 0 aliphatic carbocycles. The Morgan fingerprint density at radius 3 is 2.79 bits per heavy atom. The molecule has 1 heterocycles. The highest BCUT2D eigenvalue weighted by Gasteiger charge is 2.07. The molecule has 0 saturated heterocycles. The van der Waals surface area contributed by atoms with Gasteiger partial charge in [0.15, 0.2) is 0 Å². The first kappa shape index (κ1) is 16.5. The molecule has 0 radical (unpaired) electrons. The Morgan fingerprint density at radius 1 is 1.08 bits per heavy atom. The summed E-state index contributed by atoms with van der Waals surface area (Å²) in [5, 5.41) is 3.94. The zero-order chi connectivity index (χ0) is 16.8. The van der Waals surface area contributed by atoms with Crippen molar-refractivity contribution in [2.75, 3.05) is 11.9 Å². The number of hydrogen-bond acceptors (Lipinski definition) is 3. The van der Waals surface area contributed by atoms with Crippen LogP contribution in [0.5, 0.6) is 5.75 Å². The molecule has 1 aromatic heterocycles. The van der Waals surface area contributed by atoms with Gasteiger partial charge in [-0.25, -0.2) is 0 Å². The number of anilines is 1. The van der Waals surface area contributed by atoms with Crippen LogP contribution in [0.4, 0.5) is 5.69 Å². The highest BCUT2D eigenvalue weighted by Crippen LogP contribution is 2.24. The summed E-state index contributed by atoms with van der Waals surface area (Å²) in [5.74, 6) is 0.750. The number of nitrogens with zero attached hydrogens (tertiary/aromatic N) is 1. The van der Waals surface area contributed by atoms with Gasteiger partial charge in [0.05, 0.1) is 22.3 Å². The van der Waals surface area contributed by atoms with Crippen molar-refractivity contribution in [3.8, 4) is 5.75 Å². The minimum Gasteiger partial charge on any atom is -0.492 e. The number of nitrogens with one attached hydrogen (secondary N) is 1. The quantitative estimate of drug-likeness (QED) is 0.621. The van der Waals surface area contributed by atoms with E-state index in [1.165, 1.54) is 0 Å². The van der Waals surface area contributed by atoms with E-state index in [9.17, 15) is 4.79 Å². The van der Waals surface area contributed by atoms with Crippen LogP contribution in [-0.2, 0) is 4.79 Å². The lowest BCUT2D eigenvalue weighted by Crippen LogP contribution is -2.13. The van der Waals surface area contributed by atoms with E-state index in [0.29, 0.717) is 19.4 Å². The number of hydrogen-bond donors (Lipinski definition) is 1. The predicted molar refractivity (Wildman–Crippen MR) is 99.2 cm³/mol. The number of aromatic nitrogens is 1. The van der Waals surface area contributed by atoms with Gasteiger partial charge in [-0.05, 0) is 46.6 Å². The lowest BCUT2D eigenvalue weighted by molar-refractivity contribution is -0.116. The first-order chi connectivity index (χ1) is 11.7. The Morgan fingerprint density at radius 2 is 1.92 bits per heavy atom. The summed E-state index contributed by atoms with van der Waals surface area (Å²) < 4.78 is 6.58. The van der Waals surface area contributed by atoms with Gasteiger partial charge in [-0.2, -0.15) is 0 Å². The maximum atomic E-state index is 12.1. The van der Waals surface area contributed by atoms with Crippen molar-refractivity contribution in [2.24, 2.45) is 0 Å². The standard InChI is InChI=1S/C19H17BrN2O2/c20-15-8-1-2-10-17(15)24-13-5-11-18(23)22-16-9-3-6-14-7-4-12-21-19(14)16/h1-4,6-10,12H,5,11,13H2,(H,22,23). The van der Waals surface area contributed by atoms with E-state index in [0.717, 1.165) is 26.8 Å². The summed E-state index contributed by atoms with van der Waals surface area (Å²) in [7, 11) is 0. The van der Waals surface area contributed by atoms with Gasteiger partial charge < -0.3 is 10.1 Å². The van der Waals surface area contributed by atoms with E-state index in [1.807, 2.05) is 54.6 Å². The van der Waals surface area contributed by atoms with E-state index in [4.69, 9.17) is 4.74 Å². The summed E-state index contributed by atoms with van der Waals surface area (Å²) in [6.45, 7) is 0.490. The Kier molecular flexibility index (Phi) is 5.43. The van der Waals surface area contributed by atoms with Crippen LogP contribution in [0.25, 0.3) is 10.9 Å². The number of carbonyl (C=O) groups excluding carboxylic acids is 1. The number of para-hydroxylation sites is 2. The molecule has 0 bridgehead atoms. The molecule has 0 unspecified atom stereocenters. The molecule has 0 spiro atoms. The van der Waals surface area contributed by atoms with Crippen LogP contribution in [0, 0.1) is 0 Å². The lowest BCUT2D eigenvalue weighted by Gasteiger charge is -2.09. The second-order valence-corrected chi connectivity index (χ2v) is 6.17. The lowest BCUT2D eigenvalue weighted by atomic mass is 10.2. The molecular weight excluding hydrogens is 368 g/mol. The zero-order valence-corrected chi connectivity index (χ0v) is 14.6. The fourth-order valence-corrected chi connectivity index (χ4v) is 2.79. The maximum Gasteiger partial charge on any atom is 0.224 e. The number of carbonyl (C=O) groups is 1. The first-order valence-corrected chi connectivity index (χ1v) is 8.54. The molecule has 0 saturated carbocycles. The maximum absolute atomic E-state index is 12.1. The third-order valence-electron chi connectivity index (χ3n) is 3.55. The van der Waals surface area contributed by atoms with Gasteiger partial charge in [-0.1, -0.05) is 30.3 Å². The smallest absolute Gasteiger partial charge is 0.224 e. The van der Waals surface area contributed by atoms with Crippen LogP contribution in [0.1, 0.15) is 12.8 Å². The van der Waals surface area contributed by atoms with Crippen LogP contribution >= 0.6 is 15.9 Å². The molecular formula is C19H17BrN2O2. The number of fused-ring (bicyclic) bond motifs is 1. The topological polar surface area (TPSA) is 51.2 Å². The average molecular weight is 385 g/mol. The monoisotopic (exact) mass is 384 g/mol. The van der Waals surface area contributed by atoms with E-state index in [-0.39, 0.29) is 5.91 Å². The summed E-state index contributed by atoms with van der Waals surface area (Å²) >= 11 is 3.43. The number of pyridine rings is 1. The summed E-state index contributed by atoms with van der Waals surface area (Å²) in [6, 6.07) is 17.3. The van der Waals surface area contributed by atoms with Crippen molar-refractivity contribution in [1.29, 1.82) is 0 Å². The number of rotatable bonds is 6. The van der Waals surface area contributed by atoms with Gasteiger partial charge in [0.25, 0.3) is 0 Å². The minimum atomic E-state index is -0.0381. The zero-order valence-electron chi connectivity index (χ0n) is 13.0. The third-order valence-corrected chi connectivity index (χ3v) is 4.20. The van der Waals surface area contributed by atoms with E-state index in [1.54, 1.807) is 6.20 Å². The molecule has 0 fully saturated rings. The minimum absolute atomic E-state index is 0.0381. The highest BCUT2D eigenvalue weighted by molar-refractivity contribution is 9.10. The van der Waals surface area contributed by atoms with Crippen molar-refractivity contribution < 1.29 is 9.53 Å². The normalized spacial score (nSPS) is 10.5. The Bertz CT molecular complexity index is 846. The predicted octanol–water partition coefficient (Wildman–Crippen LogP) is 4.80. The fourth-order valence-electron chi connectivity index (χ4n) is 2.39. The molecule has 24 heavy (non-hydrogen) atoms. The van der Waals surface area contributed by atoms with E-state index >= 15 is 0 Å². The van der Waals surface area contributed by atoms with Crippen molar-refractivity contribution in [1.82, 2.24) is 4.98 Å². The van der Waals surface area contributed by atoms with Gasteiger partial charge >= 0.3 is 0 Å². The molecule has 1 amide bonds. The summed E-state index contributed by atoms with van der Waals surface area (Å²) in [6.07, 6.45) is 2.77. The Labute approximate surface area is 149 Å². The molecule has 122 valence electrons. The van der Waals surface area contributed by atoms with Crippen LogP contribution in [0.2, 0.25) is 0 Å². The van der Waals surface area contributed by atoms with Crippen molar-refractivity contribution in [2.45, 2.75) is 12.8 Å². The number of ether oxygens (including phenoxy) is 1. The SMILES string of the molecule is O=C(CCCOc1ccccc1Br)Nc1cccc2cccnc12. The molecule has 0 aliphatic rings. The van der Waals surface area contributed by atoms with Gasteiger partial charge in [0.2, 0.25) is 5.91 Å². The molecule has 0 aliphatic heterocycles. The van der Waals surface area contributed by atoms with Crippen LogP contribution in [0.15, 0.2) is 65.3 Å². The molecule has 1 N–H and O–H groups in total. The second kappa shape index (κ2) is 7.93. The van der Waals surface area contributed by atoms with Crippen molar-refractivity contribution >= 4 is 38.4 Å². The van der Waals surface area contributed by atoms with Gasteiger partial charge in [-0.3, -0.25) is 9.78 Å². The molecule has 3 rings (SSSR count). The first-order valence-electron chi connectivity index (χ1n) is 7.75. The number of amides is 1. The fraction of sp³-hybridized carbons (Fsp3) is 0.158. The van der Waals surface area contributed by atoms with E-state index in [2.05, 4.69) is 26.2 Å². The van der Waals surface area contributed by atoms with Gasteiger partial charge in [0, 0.05) is 18.0 Å². The van der Waals surface area contributed by atoms with Gasteiger partial charge in [0.1, 0.15) is 5.75 Å². The second-order valence-electron chi connectivity index (χ2n) is 5.31. The van der Waals surface area contributed by atoms with Crippen molar-refractivity contribution in [3.63, 3.8) is 0 Å². The number of halogens is 1. The molecule has 2 aromatic carbocycles. The third kappa shape index (κ3) is 4.11. The van der Waals surface area contributed by atoms with Crippen LogP contribution in [0.3, 0.4) is 0 Å². The average Bonchev–Trinajstić information content (AvgIpc) is 2.60. The van der Waals surface area contributed by atoms with Crippen LogP contribution in [-0.4, -0.2) is 17.5 Å². The summed E-state index contributed by atoms with van der Waals surface area (Å²) in [4.78, 5) is 16.5. The van der Waals surface area contributed by atoms with Crippen LogP contribution < -0.4 is 10.1 Å². The molecule has 0 atom stereocenters. The number of benzene rings is 2. The summed E-state index contributed by atoms with van der Waals surface area (Å²) in [5.41, 5.74) is 1.54. The van der Waals surface area contributed by atoms with E-state index < -0.39 is 0 Å². The van der Waals surface area contributed by atoms with Crippen molar-refractivity contribution in [3.05, 3.63) is 65.3 Å². The molecule has 5 heteroatoms. The highest BCUT2D eigenvalue weighted by atomic mass is 79.9. The Hall–Kier alpha value is -2.40. The Balaban J connectivity index is 1.51. The largest absolute Gasteiger partial charge is 0.492 e. The molecule has 3 aromatic rings.